The summed E-state index contributed by atoms with van der Waals surface area (Å²) in [6.07, 6.45) is -1.35. The van der Waals surface area contributed by atoms with E-state index in [1.165, 1.54) is 25.6 Å². The fourth-order valence-corrected chi connectivity index (χ4v) is 5.02. The predicted molar refractivity (Wildman–Crippen MR) is 188 cm³/mol. The molecule has 53 heavy (non-hydrogen) atoms. The Morgan fingerprint density at radius 2 is 1.08 bits per heavy atom. The van der Waals surface area contributed by atoms with Gasteiger partial charge in [-0.1, -0.05) is 34.1 Å². The minimum Gasteiger partial charge on any atom is -0.481 e. The Morgan fingerprint density at radius 3 is 1.53 bits per heavy atom. The molecule has 0 aliphatic carbocycles. The molecule has 0 saturated carbocycles. The van der Waals surface area contributed by atoms with Crippen LogP contribution in [0.25, 0.3) is 0 Å². The Labute approximate surface area is 310 Å². The van der Waals surface area contributed by atoms with E-state index >= 15 is 0 Å². The fourth-order valence-electron chi connectivity index (χ4n) is 4.55. The van der Waals surface area contributed by atoms with Crippen LogP contribution in [0.1, 0.15) is 60.3 Å². The van der Waals surface area contributed by atoms with Crippen molar-refractivity contribution in [2.24, 2.45) is 17.6 Å². The normalized spacial score (nSPS) is 16.2. The number of thioether (sulfide) groups is 1. The lowest BCUT2D eigenvalue weighted by Gasteiger charge is -2.30. The van der Waals surface area contributed by atoms with Gasteiger partial charge >= 0.3 is 17.9 Å². The van der Waals surface area contributed by atoms with Gasteiger partial charge in [-0.25, -0.2) is 4.79 Å². The van der Waals surface area contributed by atoms with E-state index in [-0.39, 0.29) is 6.42 Å². The molecular formula is C31H53N7O14S. The maximum absolute atomic E-state index is 13.4. The van der Waals surface area contributed by atoms with Crippen LogP contribution >= 0.6 is 11.8 Å². The summed E-state index contributed by atoms with van der Waals surface area (Å²) < 4.78 is 0. The summed E-state index contributed by atoms with van der Waals surface area (Å²) in [6, 6.07) is -10.9. The Kier molecular flexibility index (Phi) is 21.9. The SMILES string of the molecule is CC[C@H](C)[C@H](NC(=O)[C@@H](NC(=O)[C@H](CC(=O)O)NC(=O)[C@@H](NC(=O)[C@H](CCSC)NC(=O)[C@@H](N)CC(=O)O)[C@@H](C)O)C(C)C)C(=O)N[C@@H](CO)C(=O)O. The number of amides is 6. The summed E-state index contributed by atoms with van der Waals surface area (Å²) in [6.45, 7) is 6.49. The zero-order chi connectivity index (χ0) is 41.2. The first-order valence-electron chi connectivity index (χ1n) is 16.6. The highest BCUT2D eigenvalue weighted by Gasteiger charge is 2.37. The van der Waals surface area contributed by atoms with Crippen molar-refractivity contribution >= 4 is 65.1 Å². The summed E-state index contributed by atoms with van der Waals surface area (Å²) >= 11 is 1.30. The largest absolute Gasteiger partial charge is 0.481 e. The van der Waals surface area contributed by atoms with Crippen molar-refractivity contribution < 1.29 is 68.7 Å². The molecular weight excluding hydrogens is 726 g/mol. The van der Waals surface area contributed by atoms with Gasteiger partial charge in [0.25, 0.3) is 0 Å². The molecule has 0 spiro atoms. The van der Waals surface area contributed by atoms with Crippen LogP contribution in [-0.4, -0.2) is 146 Å². The Bertz CT molecular complexity index is 1320. The average Bonchev–Trinajstić information content (AvgIpc) is 3.06. The molecule has 0 aliphatic rings. The third-order valence-corrected chi connectivity index (χ3v) is 8.53. The van der Waals surface area contributed by atoms with Crippen molar-refractivity contribution in [3.63, 3.8) is 0 Å². The van der Waals surface area contributed by atoms with Crippen molar-refractivity contribution in [2.75, 3.05) is 18.6 Å². The van der Waals surface area contributed by atoms with Crippen LogP contribution < -0.4 is 37.6 Å². The maximum atomic E-state index is 13.4. The van der Waals surface area contributed by atoms with E-state index in [1.807, 2.05) is 0 Å². The lowest BCUT2D eigenvalue weighted by Crippen LogP contribution is -2.62. The molecule has 22 heteroatoms. The van der Waals surface area contributed by atoms with E-state index in [0.29, 0.717) is 12.2 Å². The number of aliphatic carboxylic acids is 3. The number of carbonyl (C=O) groups is 9. The van der Waals surface area contributed by atoms with Crippen molar-refractivity contribution in [3.05, 3.63) is 0 Å². The van der Waals surface area contributed by atoms with E-state index in [9.17, 15) is 63.6 Å². The number of aliphatic hydroxyl groups excluding tert-OH is 2. The molecule has 0 radical (unpaired) electrons. The van der Waals surface area contributed by atoms with Gasteiger partial charge in [-0.2, -0.15) is 11.8 Å². The topological polar surface area (TPSA) is 353 Å². The summed E-state index contributed by atoms with van der Waals surface area (Å²) in [5.41, 5.74) is 5.59. The zero-order valence-corrected chi connectivity index (χ0v) is 31.2. The van der Waals surface area contributed by atoms with Crippen LogP contribution in [0.3, 0.4) is 0 Å². The van der Waals surface area contributed by atoms with Gasteiger partial charge in [0.1, 0.15) is 36.3 Å². The van der Waals surface area contributed by atoms with Gasteiger partial charge in [0.05, 0.1) is 31.6 Å². The molecule has 0 unspecified atom stereocenters. The molecule has 0 aromatic carbocycles. The summed E-state index contributed by atoms with van der Waals surface area (Å²) in [4.78, 5) is 113. The molecule has 0 aromatic rings. The summed E-state index contributed by atoms with van der Waals surface area (Å²) in [7, 11) is 0. The Morgan fingerprint density at radius 1 is 0.623 bits per heavy atom. The molecule has 0 heterocycles. The van der Waals surface area contributed by atoms with Crippen molar-refractivity contribution in [3.8, 4) is 0 Å². The molecule has 302 valence electrons. The molecule has 13 N–H and O–H groups in total. The zero-order valence-electron chi connectivity index (χ0n) is 30.4. The number of hydrogen-bond donors (Lipinski definition) is 12. The molecule has 0 aromatic heterocycles. The van der Waals surface area contributed by atoms with Crippen LogP contribution in [-0.2, 0) is 43.2 Å². The Hall–Kier alpha value is -4.54. The number of carbonyl (C=O) groups excluding carboxylic acids is 6. The highest BCUT2D eigenvalue weighted by atomic mass is 32.2. The number of hydrogen-bond acceptors (Lipinski definition) is 13. The highest BCUT2D eigenvalue weighted by molar-refractivity contribution is 7.98. The van der Waals surface area contributed by atoms with Gasteiger partial charge in [0, 0.05) is 0 Å². The van der Waals surface area contributed by atoms with Gasteiger partial charge in [0.15, 0.2) is 0 Å². The molecule has 21 nitrogen and oxygen atoms in total. The minimum atomic E-state index is -1.87. The van der Waals surface area contributed by atoms with Crippen molar-refractivity contribution in [1.82, 2.24) is 31.9 Å². The van der Waals surface area contributed by atoms with Gasteiger partial charge in [-0.05, 0) is 37.2 Å². The lowest BCUT2D eigenvalue weighted by atomic mass is 9.96. The first-order valence-corrected chi connectivity index (χ1v) is 18.0. The fraction of sp³-hybridized carbons (Fsp3) is 0.710. The van der Waals surface area contributed by atoms with Crippen LogP contribution in [0.5, 0.6) is 0 Å². The van der Waals surface area contributed by atoms with Gasteiger partial charge in [0.2, 0.25) is 35.4 Å². The molecule has 0 aliphatic heterocycles. The second-order valence-corrected chi connectivity index (χ2v) is 13.6. The molecule has 0 fully saturated rings. The number of carboxylic acid groups (broad SMARTS) is 3. The molecule has 9 atom stereocenters. The third-order valence-electron chi connectivity index (χ3n) is 7.89. The van der Waals surface area contributed by atoms with Crippen LogP contribution in [0, 0.1) is 11.8 Å². The van der Waals surface area contributed by atoms with E-state index in [2.05, 4.69) is 31.9 Å². The highest BCUT2D eigenvalue weighted by Crippen LogP contribution is 2.12. The predicted octanol–water partition coefficient (Wildman–Crippen LogP) is -3.92. The third kappa shape index (κ3) is 17.2. The van der Waals surface area contributed by atoms with Gasteiger partial charge < -0.3 is 63.2 Å². The van der Waals surface area contributed by atoms with Crippen molar-refractivity contribution in [1.29, 1.82) is 0 Å². The van der Waals surface area contributed by atoms with Crippen LogP contribution in [0.4, 0.5) is 0 Å². The van der Waals surface area contributed by atoms with E-state index in [0.717, 1.165) is 6.92 Å². The number of aliphatic hydroxyl groups is 2. The average molecular weight is 780 g/mol. The van der Waals surface area contributed by atoms with Gasteiger partial charge in [-0.15, -0.1) is 0 Å². The van der Waals surface area contributed by atoms with E-state index in [1.54, 1.807) is 20.1 Å². The van der Waals surface area contributed by atoms with Crippen LogP contribution in [0.2, 0.25) is 0 Å². The monoisotopic (exact) mass is 779 g/mol. The Balaban J connectivity index is 6.17. The number of rotatable bonds is 25. The first kappa shape index (κ1) is 48.5. The minimum absolute atomic E-state index is 0.00347. The van der Waals surface area contributed by atoms with E-state index < -0.39 is 133 Å². The number of nitrogens with one attached hydrogen (secondary N) is 6. The standard InChI is InChI=1S/C31H53N7O14S/c1-7-14(4)23(29(49)35-19(12-39)31(51)52)37-28(48)22(13(2)3)36-27(47)18(11-21(43)44)34-30(50)24(15(5)40)38-26(46)17(8-9-53-6)33-25(45)16(32)10-20(41)42/h13-19,22-24,39-40H,7-12,32H2,1-6H3,(H,33,45)(H,34,50)(H,35,49)(H,36,47)(H,37,48)(H,38,46)(H,41,42)(H,43,44)(H,51,52)/t14-,15+,16-,17-,18-,19-,22-,23-,24-/m0/s1. The second kappa shape index (κ2) is 23.9. The summed E-state index contributed by atoms with van der Waals surface area (Å²) in [5.74, 6) is -11.6. The van der Waals surface area contributed by atoms with E-state index in [4.69, 9.17) is 10.8 Å². The first-order chi connectivity index (χ1) is 24.6. The molecule has 0 bridgehead atoms. The van der Waals surface area contributed by atoms with Gasteiger partial charge in [-0.3, -0.25) is 38.4 Å². The molecule has 0 saturated heterocycles. The van der Waals surface area contributed by atoms with Crippen LogP contribution in [0.15, 0.2) is 0 Å². The summed E-state index contributed by atoms with van der Waals surface area (Å²) in [5, 5.41) is 60.9. The quantitative estimate of drug-likeness (QED) is 0.0421. The van der Waals surface area contributed by atoms with Crippen molar-refractivity contribution in [2.45, 2.75) is 109 Å². The smallest absolute Gasteiger partial charge is 0.328 e. The molecule has 6 amide bonds. The number of nitrogens with two attached hydrogens (primary N) is 1. The maximum Gasteiger partial charge on any atom is 0.328 e. The molecule has 0 rings (SSSR count). The second-order valence-electron chi connectivity index (χ2n) is 12.6. The number of carboxylic acids is 3. The lowest BCUT2D eigenvalue weighted by molar-refractivity contribution is -0.144.